The van der Waals surface area contributed by atoms with Crippen molar-refractivity contribution in [2.75, 3.05) is 16.2 Å². The van der Waals surface area contributed by atoms with E-state index in [4.69, 9.17) is 5.73 Å². The smallest absolute Gasteiger partial charge is 0.328 e. The number of halogens is 1. The molecule has 0 atom stereocenters. The standard InChI is InChI=1S/C15H17FN6O3S/c1-2-7-26(24,25)21-14-19-12(17)11-13(20-14)22(15(23)18-11)8-9-3-5-10(16)6-4-9/h3-6H,2,7-8H2,1H3,(H,18,23)(H3,17,19,20,21). The number of rotatable bonds is 6. The summed E-state index contributed by atoms with van der Waals surface area (Å²) in [5.41, 5.74) is 6.36. The topological polar surface area (TPSA) is 136 Å². The lowest BCUT2D eigenvalue weighted by Crippen LogP contribution is -2.19. The zero-order chi connectivity index (χ0) is 18.9. The first-order valence-electron chi connectivity index (χ1n) is 7.80. The van der Waals surface area contributed by atoms with Crippen LogP contribution in [0, 0.1) is 5.82 Å². The zero-order valence-corrected chi connectivity index (χ0v) is 14.7. The predicted molar refractivity (Wildman–Crippen MR) is 95.8 cm³/mol. The highest BCUT2D eigenvalue weighted by atomic mass is 32.2. The molecule has 9 nitrogen and oxygen atoms in total. The molecule has 0 aliphatic heterocycles. The van der Waals surface area contributed by atoms with E-state index in [9.17, 15) is 17.6 Å². The monoisotopic (exact) mass is 380 g/mol. The van der Waals surface area contributed by atoms with E-state index < -0.39 is 15.7 Å². The van der Waals surface area contributed by atoms with Crippen LogP contribution in [-0.2, 0) is 16.6 Å². The highest BCUT2D eigenvalue weighted by Gasteiger charge is 2.17. The number of nitrogens with one attached hydrogen (secondary N) is 2. The Morgan fingerprint density at radius 2 is 1.96 bits per heavy atom. The van der Waals surface area contributed by atoms with Crippen molar-refractivity contribution < 1.29 is 12.8 Å². The molecule has 0 saturated heterocycles. The number of anilines is 2. The molecular weight excluding hydrogens is 363 g/mol. The van der Waals surface area contributed by atoms with Gasteiger partial charge in [-0.25, -0.2) is 17.6 Å². The Hall–Kier alpha value is -2.95. The molecule has 0 saturated carbocycles. The number of aromatic nitrogens is 4. The van der Waals surface area contributed by atoms with Gasteiger partial charge in [0, 0.05) is 0 Å². The summed E-state index contributed by atoms with van der Waals surface area (Å²) in [6.07, 6.45) is 0.423. The number of fused-ring (bicyclic) bond motifs is 1. The van der Waals surface area contributed by atoms with Crippen LogP contribution in [0.2, 0.25) is 0 Å². The van der Waals surface area contributed by atoms with Gasteiger partial charge in [-0.05, 0) is 24.1 Å². The van der Waals surface area contributed by atoms with Gasteiger partial charge in [-0.2, -0.15) is 9.97 Å². The average molecular weight is 380 g/mol. The van der Waals surface area contributed by atoms with Gasteiger partial charge in [-0.3, -0.25) is 9.29 Å². The highest BCUT2D eigenvalue weighted by molar-refractivity contribution is 7.92. The fourth-order valence-corrected chi connectivity index (χ4v) is 3.48. The summed E-state index contributed by atoms with van der Waals surface area (Å²) in [6.45, 7) is 1.83. The van der Waals surface area contributed by atoms with Gasteiger partial charge in [0.25, 0.3) is 0 Å². The van der Waals surface area contributed by atoms with Gasteiger partial charge in [0.05, 0.1) is 12.3 Å². The molecular formula is C15H17FN6O3S. The lowest BCUT2D eigenvalue weighted by molar-refractivity contribution is 0.599. The van der Waals surface area contributed by atoms with Crippen molar-refractivity contribution in [2.45, 2.75) is 19.9 Å². The van der Waals surface area contributed by atoms with Gasteiger partial charge in [0.2, 0.25) is 16.0 Å². The number of aromatic amines is 1. The largest absolute Gasteiger partial charge is 0.382 e. The third kappa shape index (κ3) is 3.67. The van der Waals surface area contributed by atoms with Crippen molar-refractivity contribution in [1.82, 2.24) is 19.5 Å². The Kier molecular flexibility index (Phi) is 4.64. The quantitative estimate of drug-likeness (QED) is 0.585. The van der Waals surface area contributed by atoms with Gasteiger partial charge in [-0.15, -0.1) is 0 Å². The number of benzene rings is 1. The van der Waals surface area contributed by atoms with Crippen molar-refractivity contribution in [3.8, 4) is 0 Å². The summed E-state index contributed by atoms with van der Waals surface area (Å²) in [5, 5.41) is 0. The molecule has 138 valence electrons. The number of H-pyrrole nitrogens is 1. The van der Waals surface area contributed by atoms with E-state index >= 15 is 0 Å². The number of nitrogens with zero attached hydrogens (tertiary/aromatic N) is 3. The van der Waals surface area contributed by atoms with Crippen LogP contribution in [0.1, 0.15) is 18.9 Å². The van der Waals surface area contributed by atoms with E-state index in [0.717, 1.165) is 0 Å². The summed E-state index contributed by atoms with van der Waals surface area (Å²) in [4.78, 5) is 22.8. The second-order valence-corrected chi connectivity index (χ2v) is 7.54. The second-order valence-electron chi connectivity index (χ2n) is 5.69. The third-order valence-electron chi connectivity index (χ3n) is 3.62. The van der Waals surface area contributed by atoms with Gasteiger partial charge in [-0.1, -0.05) is 19.1 Å². The summed E-state index contributed by atoms with van der Waals surface area (Å²) >= 11 is 0. The van der Waals surface area contributed by atoms with Crippen molar-refractivity contribution in [3.63, 3.8) is 0 Å². The van der Waals surface area contributed by atoms with Crippen LogP contribution in [0.25, 0.3) is 11.2 Å². The SMILES string of the molecule is CCCS(=O)(=O)Nc1nc(N)c2[nH]c(=O)n(Cc3ccc(F)cc3)c2n1. The van der Waals surface area contributed by atoms with E-state index in [0.29, 0.717) is 12.0 Å². The minimum absolute atomic E-state index is 0.0563. The number of nitrogen functional groups attached to an aromatic ring is 1. The van der Waals surface area contributed by atoms with E-state index in [1.54, 1.807) is 6.92 Å². The van der Waals surface area contributed by atoms with E-state index in [1.165, 1.54) is 28.8 Å². The number of hydrogen-bond acceptors (Lipinski definition) is 6. The first kappa shape index (κ1) is 17.9. The predicted octanol–water partition coefficient (Wildman–Crippen LogP) is 1.04. The van der Waals surface area contributed by atoms with Crippen molar-refractivity contribution in [1.29, 1.82) is 0 Å². The molecule has 2 aromatic heterocycles. The van der Waals surface area contributed by atoms with Gasteiger partial charge < -0.3 is 10.7 Å². The molecule has 11 heteroatoms. The van der Waals surface area contributed by atoms with Crippen molar-refractivity contribution in [2.24, 2.45) is 0 Å². The summed E-state index contributed by atoms with van der Waals surface area (Å²) in [5.74, 6) is -0.752. The van der Waals surface area contributed by atoms with E-state index in [1.807, 2.05) is 0 Å². The number of imidazole rings is 1. The molecule has 0 bridgehead atoms. The highest BCUT2D eigenvalue weighted by Crippen LogP contribution is 2.18. The van der Waals surface area contributed by atoms with Crippen LogP contribution in [0.3, 0.4) is 0 Å². The average Bonchev–Trinajstić information content (AvgIpc) is 2.86. The molecule has 26 heavy (non-hydrogen) atoms. The van der Waals surface area contributed by atoms with Crippen LogP contribution in [0.5, 0.6) is 0 Å². The number of nitrogens with two attached hydrogens (primary N) is 1. The number of sulfonamides is 1. The Bertz CT molecular complexity index is 1100. The fourth-order valence-electron chi connectivity index (χ4n) is 2.48. The molecule has 4 N–H and O–H groups in total. The maximum Gasteiger partial charge on any atom is 0.328 e. The molecule has 0 aliphatic carbocycles. The maximum absolute atomic E-state index is 13.0. The molecule has 0 spiro atoms. The molecule has 0 radical (unpaired) electrons. The van der Waals surface area contributed by atoms with Crippen LogP contribution >= 0.6 is 0 Å². The fraction of sp³-hybridized carbons (Fsp3) is 0.267. The zero-order valence-electron chi connectivity index (χ0n) is 13.9. The van der Waals surface area contributed by atoms with Crippen LogP contribution < -0.4 is 16.1 Å². The lowest BCUT2D eigenvalue weighted by Gasteiger charge is -2.08. The minimum Gasteiger partial charge on any atom is -0.382 e. The molecule has 2 heterocycles. The van der Waals surface area contributed by atoms with E-state index in [2.05, 4.69) is 19.7 Å². The molecule has 0 unspecified atom stereocenters. The molecule has 3 aromatic rings. The van der Waals surface area contributed by atoms with E-state index in [-0.39, 0.29) is 41.0 Å². The third-order valence-corrected chi connectivity index (χ3v) is 5.06. The van der Waals surface area contributed by atoms with Crippen LogP contribution in [-0.4, -0.2) is 33.7 Å². The van der Waals surface area contributed by atoms with Crippen molar-refractivity contribution in [3.05, 3.63) is 46.1 Å². The Morgan fingerprint density at radius 1 is 1.27 bits per heavy atom. The lowest BCUT2D eigenvalue weighted by atomic mass is 10.2. The maximum atomic E-state index is 13.0. The molecule has 0 fully saturated rings. The van der Waals surface area contributed by atoms with Crippen LogP contribution in [0.15, 0.2) is 29.1 Å². The Morgan fingerprint density at radius 3 is 2.62 bits per heavy atom. The summed E-state index contributed by atoms with van der Waals surface area (Å²) in [7, 11) is -3.61. The Balaban J connectivity index is 2.05. The molecule has 0 aliphatic rings. The first-order chi connectivity index (χ1) is 12.3. The second kappa shape index (κ2) is 6.75. The molecule has 0 amide bonds. The van der Waals surface area contributed by atoms with Crippen molar-refractivity contribution >= 4 is 33.0 Å². The number of hydrogen-bond donors (Lipinski definition) is 3. The first-order valence-corrected chi connectivity index (χ1v) is 9.45. The van der Waals surface area contributed by atoms with Gasteiger partial charge in [0.15, 0.2) is 11.5 Å². The summed E-state index contributed by atoms with van der Waals surface area (Å²) in [6, 6.07) is 5.64. The van der Waals surface area contributed by atoms with Crippen LogP contribution in [0.4, 0.5) is 16.2 Å². The Labute approximate surface area is 148 Å². The molecule has 3 rings (SSSR count). The van der Waals surface area contributed by atoms with Gasteiger partial charge in [0.1, 0.15) is 11.3 Å². The summed E-state index contributed by atoms with van der Waals surface area (Å²) < 4.78 is 40.4. The normalized spacial score (nSPS) is 11.8. The minimum atomic E-state index is -3.61. The van der Waals surface area contributed by atoms with Gasteiger partial charge >= 0.3 is 5.69 Å². The molecule has 1 aromatic carbocycles.